The van der Waals surface area contributed by atoms with Gasteiger partial charge in [-0.3, -0.25) is 4.90 Å². The molecular weight excluding hydrogens is 282 g/mol. The summed E-state index contributed by atoms with van der Waals surface area (Å²) in [5, 5.41) is 4.97. The second-order valence-electron chi connectivity index (χ2n) is 6.68. The van der Waals surface area contributed by atoms with Gasteiger partial charge in [0.25, 0.3) is 0 Å². The number of nitrogens with one attached hydrogen (secondary N) is 2. The standard InChI is InChI=1S/C20H21N3/c1-2-6-14(7-3-1)20-19-17(12-15-13-21-10-11-23(15)20)16-8-4-5-9-18(16)22-19/h1-9,15,20-22H,10-13H2/t15-,20-/m0/s1. The van der Waals surface area contributed by atoms with Crippen LogP contribution in [0.5, 0.6) is 0 Å². The van der Waals surface area contributed by atoms with Crippen LogP contribution in [0, 0.1) is 0 Å². The molecule has 116 valence electrons. The number of rotatable bonds is 1. The molecule has 23 heavy (non-hydrogen) atoms. The molecule has 0 saturated carbocycles. The van der Waals surface area contributed by atoms with Gasteiger partial charge in [0, 0.05) is 42.3 Å². The van der Waals surface area contributed by atoms with Crippen LogP contribution < -0.4 is 5.32 Å². The molecule has 5 rings (SSSR count). The Morgan fingerprint density at radius 1 is 0.957 bits per heavy atom. The monoisotopic (exact) mass is 303 g/mol. The fourth-order valence-electron chi connectivity index (χ4n) is 4.38. The zero-order chi connectivity index (χ0) is 15.2. The van der Waals surface area contributed by atoms with Crippen LogP contribution in [0.3, 0.4) is 0 Å². The summed E-state index contributed by atoms with van der Waals surface area (Å²) in [7, 11) is 0. The Balaban J connectivity index is 1.74. The summed E-state index contributed by atoms with van der Waals surface area (Å²) >= 11 is 0. The molecule has 3 nitrogen and oxygen atoms in total. The van der Waals surface area contributed by atoms with Crippen molar-refractivity contribution in [3.8, 4) is 0 Å². The molecule has 3 heteroatoms. The molecule has 0 bridgehead atoms. The van der Waals surface area contributed by atoms with Crippen molar-refractivity contribution in [1.82, 2.24) is 15.2 Å². The smallest absolute Gasteiger partial charge is 0.0760 e. The molecule has 1 aromatic heterocycles. The molecule has 0 amide bonds. The van der Waals surface area contributed by atoms with E-state index in [1.54, 1.807) is 0 Å². The number of piperazine rings is 1. The third-order valence-corrected chi connectivity index (χ3v) is 5.40. The van der Waals surface area contributed by atoms with Crippen molar-refractivity contribution in [2.24, 2.45) is 0 Å². The maximum absolute atomic E-state index is 3.74. The predicted octanol–water partition coefficient (Wildman–Crippen LogP) is 3.09. The maximum Gasteiger partial charge on any atom is 0.0760 e. The quantitative estimate of drug-likeness (QED) is 0.724. The third kappa shape index (κ3) is 2.04. The molecule has 0 spiro atoms. The lowest BCUT2D eigenvalue weighted by Gasteiger charge is -2.45. The van der Waals surface area contributed by atoms with Crippen molar-refractivity contribution >= 4 is 10.9 Å². The highest BCUT2D eigenvalue weighted by molar-refractivity contribution is 5.85. The van der Waals surface area contributed by atoms with Crippen LogP contribution in [0.15, 0.2) is 54.6 Å². The van der Waals surface area contributed by atoms with Crippen LogP contribution in [0.1, 0.15) is 22.9 Å². The Morgan fingerprint density at radius 3 is 2.70 bits per heavy atom. The van der Waals surface area contributed by atoms with Crippen LogP contribution in [0.2, 0.25) is 0 Å². The third-order valence-electron chi connectivity index (χ3n) is 5.40. The van der Waals surface area contributed by atoms with Gasteiger partial charge in [-0.15, -0.1) is 0 Å². The number of aromatic nitrogens is 1. The average Bonchev–Trinajstić information content (AvgIpc) is 2.98. The molecule has 0 radical (unpaired) electrons. The van der Waals surface area contributed by atoms with Gasteiger partial charge < -0.3 is 10.3 Å². The van der Waals surface area contributed by atoms with Crippen molar-refractivity contribution in [2.45, 2.75) is 18.5 Å². The predicted molar refractivity (Wildman–Crippen MR) is 93.7 cm³/mol. The summed E-state index contributed by atoms with van der Waals surface area (Å²) in [5.74, 6) is 0. The number of hydrogen-bond donors (Lipinski definition) is 2. The number of hydrogen-bond acceptors (Lipinski definition) is 2. The van der Waals surface area contributed by atoms with E-state index in [1.807, 2.05) is 0 Å². The number of nitrogens with zero attached hydrogens (tertiary/aromatic N) is 1. The Hall–Kier alpha value is -2.10. The van der Waals surface area contributed by atoms with E-state index in [2.05, 4.69) is 69.8 Å². The van der Waals surface area contributed by atoms with Crippen LogP contribution >= 0.6 is 0 Å². The molecule has 3 heterocycles. The molecule has 0 aliphatic carbocycles. The summed E-state index contributed by atoms with van der Waals surface area (Å²) < 4.78 is 0. The van der Waals surface area contributed by atoms with E-state index in [0.29, 0.717) is 12.1 Å². The maximum atomic E-state index is 3.74. The lowest BCUT2D eigenvalue weighted by molar-refractivity contribution is 0.110. The van der Waals surface area contributed by atoms with Crippen molar-refractivity contribution in [1.29, 1.82) is 0 Å². The van der Waals surface area contributed by atoms with Gasteiger partial charge >= 0.3 is 0 Å². The average molecular weight is 303 g/mol. The first-order chi connectivity index (χ1) is 11.4. The minimum absolute atomic E-state index is 0.347. The molecule has 1 fully saturated rings. The second-order valence-corrected chi connectivity index (χ2v) is 6.68. The highest BCUT2D eigenvalue weighted by atomic mass is 15.3. The number of benzene rings is 2. The second kappa shape index (κ2) is 5.22. The first-order valence-electron chi connectivity index (χ1n) is 8.53. The number of aromatic amines is 1. The molecule has 0 unspecified atom stereocenters. The van der Waals surface area contributed by atoms with E-state index in [4.69, 9.17) is 0 Å². The number of para-hydroxylation sites is 1. The summed E-state index contributed by atoms with van der Waals surface area (Å²) in [5.41, 5.74) is 5.58. The molecule has 2 N–H and O–H groups in total. The minimum atomic E-state index is 0.347. The van der Waals surface area contributed by atoms with E-state index in [9.17, 15) is 0 Å². The van der Waals surface area contributed by atoms with Crippen LogP contribution in [-0.4, -0.2) is 35.6 Å². The summed E-state index contributed by atoms with van der Waals surface area (Å²) in [6.07, 6.45) is 1.13. The van der Waals surface area contributed by atoms with Crippen LogP contribution in [0.4, 0.5) is 0 Å². The summed E-state index contributed by atoms with van der Waals surface area (Å²) in [6, 6.07) is 20.6. The summed E-state index contributed by atoms with van der Waals surface area (Å²) in [4.78, 5) is 6.42. The highest BCUT2D eigenvalue weighted by Gasteiger charge is 2.38. The fourth-order valence-corrected chi connectivity index (χ4v) is 4.38. The molecular formula is C20H21N3. The first kappa shape index (κ1) is 13.3. The van der Waals surface area contributed by atoms with Gasteiger partial charge in [-0.05, 0) is 23.6 Å². The van der Waals surface area contributed by atoms with Crippen molar-refractivity contribution in [3.63, 3.8) is 0 Å². The zero-order valence-electron chi connectivity index (χ0n) is 13.1. The van der Waals surface area contributed by atoms with E-state index in [0.717, 1.165) is 26.1 Å². The molecule has 2 aromatic carbocycles. The zero-order valence-corrected chi connectivity index (χ0v) is 13.1. The van der Waals surface area contributed by atoms with Gasteiger partial charge in [-0.1, -0.05) is 48.5 Å². The largest absolute Gasteiger partial charge is 0.357 e. The van der Waals surface area contributed by atoms with Crippen molar-refractivity contribution < 1.29 is 0 Å². The Kier molecular flexibility index (Phi) is 3.03. The van der Waals surface area contributed by atoms with Gasteiger partial charge in [0.15, 0.2) is 0 Å². The molecule has 3 aromatic rings. The van der Waals surface area contributed by atoms with Crippen molar-refractivity contribution in [3.05, 3.63) is 71.4 Å². The van der Waals surface area contributed by atoms with Gasteiger partial charge in [-0.2, -0.15) is 0 Å². The molecule has 1 saturated heterocycles. The molecule has 2 aliphatic rings. The highest BCUT2D eigenvalue weighted by Crippen LogP contribution is 2.40. The first-order valence-corrected chi connectivity index (χ1v) is 8.53. The number of H-pyrrole nitrogens is 1. The van der Waals surface area contributed by atoms with Gasteiger partial charge in [-0.25, -0.2) is 0 Å². The Morgan fingerprint density at radius 2 is 1.78 bits per heavy atom. The lowest BCUT2D eigenvalue weighted by atomic mass is 9.87. The fraction of sp³-hybridized carbons (Fsp3) is 0.300. The van der Waals surface area contributed by atoms with Gasteiger partial charge in [0.05, 0.1) is 6.04 Å². The van der Waals surface area contributed by atoms with E-state index < -0.39 is 0 Å². The number of fused-ring (bicyclic) bond motifs is 4. The van der Waals surface area contributed by atoms with Gasteiger partial charge in [0.1, 0.15) is 0 Å². The van der Waals surface area contributed by atoms with E-state index >= 15 is 0 Å². The molecule has 2 atom stereocenters. The SMILES string of the molecule is c1ccc([C@H]2c3[nH]c4ccccc4c3C[C@H]3CNCCN32)cc1. The van der Waals surface area contributed by atoms with Gasteiger partial charge in [0.2, 0.25) is 0 Å². The van der Waals surface area contributed by atoms with Crippen molar-refractivity contribution in [2.75, 3.05) is 19.6 Å². The normalized spacial score (nSPS) is 24.3. The Bertz CT molecular complexity index is 836. The minimum Gasteiger partial charge on any atom is -0.357 e. The van der Waals surface area contributed by atoms with E-state index in [-0.39, 0.29) is 0 Å². The topological polar surface area (TPSA) is 31.1 Å². The Labute approximate surface area is 136 Å². The lowest BCUT2D eigenvalue weighted by Crippen LogP contribution is -2.55. The van der Waals surface area contributed by atoms with E-state index in [1.165, 1.54) is 27.7 Å². The summed E-state index contributed by atoms with van der Waals surface area (Å²) in [6.45, 7) is 3.27. The van der Waals surface area contributed by atoms with Crippen LogP contribution in [-0.2, 0) is 6.42 Å². The van der Waals surface area contributed by atoms with Crippen LogP contribution in [0.25, 0.3) is 10.9 Å². The molecule has 2 aliphatic heterocycles.